The monoisotopic (exact) mass is 408 g/mol. The van der Waals surface area contributed by atoms with Gasteiger partial charge in [0.15, 0.2) is 11.5 Å². The van der Waals surface area contributed by atoms with Crippen molar-refractivity contribution >= 4 is 17.5 Å². The van der Waals surface area contributed by atoms with Gasteiger partial charge in [0.25, 0.3) is 11.8 Å². The number of nitrogens with zero attached hydrogens (tertiary/aromatic N) is 2. The van der Waals surface area contributed by atoms with E-state index in [-0.39, 0.29) is 11.8 Å². The fourth-order valence-electron chi connectivity index (χ4n) is 4.39. The minimum absolute atomic E-state index is 0.0593. The number of carbonyl (C=O) groups excluding carboxylic acids is 2. The van der Waals surface area contributed by atoms with Crippen LogP contribution in [0.4, 0.5) is 5.69 Å². The first-order valence-corrected chi connectivity index (χ1v) is 10.4. The highest BCUT2D eigenvalue weighted by atomic mass is 16.7. The van der Waals surface area contributed by atoms with Crippen LogP contribution in [0.25, 0.3) is 0 Å². The van der Waals surface area contributed by atoms with Crippen LogP contribution < -0.4 is 9.64 Å². The number of para-hydroxylation sites is 1. The second-order valence-corrected chi connectivity index (χ2v) is 7.73. The number of likely N-dealkylation sites (tertiary alicyclic amines) is 1. The number of ether oxygens (including phenoxy) is 3. The van der Waals surface area contributed by atoms with Gasteiger partial charge in [-0.2, -0.15) is 0 Å². The van der Waals surface area contributed by atoms with Crippen LogP contribution in [0.3, 0.4) is 0 Å². The average molecular weight is 408 g/mol. The Morgan fingerprint density at radius 3 is 2.50 bits per heavy atom. The van der Waals surface area contributed by atoms with Crippen molar-refractivity contribution < 1.29 is 23.8 Å². The van der Waals surface area contributed by atoms with E-state index in [1.165, 1.54) is 0 Å². The van der Waals surface area contributed by atoms with Crippen molar-refractivity contribution in [3.05, 3.63) is 53.6 Å². The molecule has 2 saturated heterocycles. The molecule has 0 aliphatic carbocycles. The van der Waals surface area contributed by atoms with Gasteiger partial charge in [-0.3, -0.25) is 9.59 Å². The normalized spacial score (nSPS) is 19.8. The van der Waals surface area contributed by atoms with Gasteiger partial charge in [-0.15, -0.1) is 0 Å². The number of anilines is 1. The van der Waals surface area contributed by atoms with E-state index in [4.69, 9.17) is 14.2 Å². The van der Waals surface area contributed by atoms with Gasteiger partial charge in [-0.25, -0.2) is 0 Å². The minimum Gasteiger partial charge on any atom is -0.454 e. The van der Waals surface area contributed by atoms with Crippen LogP contribution in [0.1, 0.15) is 40.5 Å². The van der Waals surface area contributed by atoms with Crippen molar-refractivity contribution in [2.75, 3.05) is 37.7 Å². The smallest absolute Gasteiger partial charge is 0.262 e. The molecule has 0 radical (unpaired) electrons. The Labute approximate surface area is 175 Å². The van der Waals surface area contributed by atoms with Crippen LogP contribution in [-0.2, 0) is 9.47 Å². The van der Waals surface area contributed by atoms with E-state index in [0.717, 1.165) is 0 Å². The molecule has 1 spiro atoms. The van der Waals surface area contributed by atoms with Crippen molar-refractivity contribution in [3.8, 4) is 11.5 Å². The maximum atomic E-state index is 13.2. The lowest BCUT2D eigenvalue weighted by atomic mass is 10.0. The first kappa shape index (κ1) is 19.1. The zero-order chi connectivity index (χ0) is 20.7. The maximum absolute atomic E-state index is 13.2. The predicted octanol–water partition coefficient (Wildman–Crippen LogP) is 3.44. The van der Waals surface area contributed by atoms with Gasteiger partial charge >= 0.3 is 0 Å². The molecule has 0 atom stereocenters. The quantitative estimate of drug-likeness (QED) is 0.762. The third-order valence-electron chi connectivity index (χ3n) is 6.02. The van der Waals surface area contributed by atoms with E-state index in [1.807, 2.05) is 24.0 Å². The molecule has 0 N–H and O–H groups in total. The molecule has 0 unspecified atom stereocenters. The summed E-state index contributed by atoms with van der Waals surface area (Å²) in [6, 6.07) is 12.5. The molecule has 156 valence electrons. The highest BCUT2D eigenvalue weighted by molar-refractivity contribution is 6.10. The van der Waals surface area contributed by atoms with E-state index in [0.29, 0.717) is 74.0 Å². The Bertz CT molecular complexity index is 989. The van der Waals surface area contributed by atoms with E-state index >= 15 is 0 Å². The highest BCUT2D eigenvalue weighted by Crippen LogP contribution is 2.40. The zero-order valence-electron chi connectivity index (χ0n) is 16.9. The molecule has 3 aliphatic heterocycles. The number of hydrogen-bond acceptors (Lipinski definition) is 5. The summed E-state index contributed by atoms with van der Waals surface area (Å²) in [6.45, 7) is 4.77. The second-order valence-electron chi connectivity index (χ2n) is 7.73. The molecule has 2 amide bonds. The summed E-state index contributed by atoms with van der Waals surface area (Å²) in [6.07, 6.45) is 1.34. The van der Waals surface area contributed by atoms with Crippen molar-refractivity contribution in [3.63, 3.8) is 0 Å². The molecule has 0 aromatic heterocycles. The summed E-state index contributed by atoms with van der Waals surface area (Å²) in [5, 5.41) is 0. The number of rotatable bonds is 2. The minimum atomic E-state index is -0.518. The van der Waals surface area contributed by atoms with E-state index in [2.05, 4.69) is 0 Å². The molecule has 3 aliphatic rings. The van der Waals surface area contributed by atoms with Gasteiger partial charge < -0.3 is 24.0 Å². The third-order valence-corrected chi connectivity index (χ3v) is 6.02. The SMILES string of the molecule is CCN1C(=O)c2ccccc2Oc2ccc(C(=O)N3CCC4(CC3)OCCO4)cc21. The molecule has 2 aromatic carbocycles. The molecule has 5 rings (SSSR count). The molecule has 3 heterocycles. The highest BCUT2D eigenvalue weighted by Gasteiger charge is 2.41. The molecule has 2 fully saturated rings. The molecule has 30 heavy (non-hydrogen) atoms. The molecular weight excluding hydrogens is 384 g/mol. The number of hydrogen-bond donors (Lipinski definition) is 0. The van der Waals surface area contributed by atoms with Crippen LogP contribution in [0.2, 0.25) is 0 Å². The lowest BCUT2D eigenvalue weighted by Crippen LogP contribution is -2.47. The summed E-state index contributed by atoms with van der Waals surface area (Å²) in [7, 11) is 0. The summed E-state index contributed by atoms with van der Waals surface area (Å²) in [5.74, 6) is 0.381. The van der Waals surface area contributed by atoms with Crippen molar-refractivity contribution in [2.45, 2.75) is 25.6 Å². The van der Waals surface area contributed by atoms with E-state index in [1.54, 1.807) is 35.2 Å². The van der Waals surface area contributed by atoms with E-state index in [9.17, 15) is 9.59 Å². The first-order valence-electron chi connectivity index (χ1n) is 10.4. The van der Waals surface area contributed by atoms with Gasteiger partial charge in [0, 0.05) is 38.0 Å². The number of fused-ring (bicyclic) bond motifs is 2. The van der Waals surface area contributed by atoms with Crippen molar-refractivity contribution in [1.82, 2.24) is 4.90 Å². The molecule has 7 nitrogen and oxygen atoms in total. The average Bonchev–Trinajstić information content (AvgIpc) is 3.18. The Morgan fingerprint density at radius 2 is 1.77 bits per heavy atom. The number of benzene rings is 2. The second kappa shape index (κ2) is 7.41. The molecule has 0 bridgehead atoms. The van der Waals surface area contributed by atoms with Crippen LogP contribution >= 0.6 is 0 Å². The Kier molecular flexibility index (Phi) is 4.72. The Hall–Kier alpha value is -2.90. The van der Waals surface area contributed by atoms with Crippen LogP contribution in [-0.4, -0.2) is 55.3 Å². The lowest BCUT2D eigenvalue weighted by Gasteiger charge is -2.37. The maximum Gasteiger partial charge on any atom is 0.262 e. The Morgan fingerprint density at radius 1 is 1.03 bits per heavy atom. The predicted molar refractivity (Wildman–Crippen MR) is 110 cm³/mol. The summed E-state index contributed by atoms with van der Waals surface area (Å²) in [4.78, 5) is 29.7. The van der Waals surface area contributed by atoms with Crippen LogP contribution in [0.15, 0.2) is 42.5 Å². The van der Waals surface area contributed by atoms with Crippen molar-refractivity contribution in [1.29, 1.82) is 0 Å². The van der Waals surface area contributed by atoms with Crippen molar-refractivity contribution in [2.24, 2.45) is 0 Å². The third kappa shape index (κ3) is 3.14. The Balaban J connectivity index is 1.42. The summed E-state index contributed by atoms with van der Waals surface area (Å²) in [5.41, 5.74) is 1.67. The molecule has 7 heteroatoms. The number of amides is 2. The lowest BCUT2D eigenvalue weighted by molar-refractivity contribution is -0.181. The molecule has 2 aromatic rings. The molecule has 0 saturated carbocycles. The van der Waals surface area contributed by atoms with Gasteiger partial charge in [0.2, 0.25) is 0 Å². The standard InChI is InChI=1S/C23H24N2O5/c1-2-25-18-15-16(21(26)24-11-9-23(10-12-24)28-13-14-29-23)7-8-20(18)30-19-6-4-3-5-17(19)22(25)27/h3-8,15H,2,9-14H2,1H3. The summed E-state index contributed by atoms with van der Waals surface area (Å²) < 4.78 is 17.5. The van der Waals surface area contributed by atoms with Crippen LogP contribution in [0, 0.1) is 0 Å². The number of carbonyl (C=O) groups is 2. The topological polar surface area (TPSA) is 68.3 Å². The zero-order valence-corrected chi connectivity index (χ0v) is 16.9. The molecular formula is C23H24N2O5. The first-order chi connectivity index (χ1) is 14.6. The number of piperidine rings is 1. The largest absolute Gasteiger partial charge is 0.454 e. The van der Waals surface area contributed by atoms with Gasteiger partial charge in [0.05, 0.1) is 24.5 Å². The fourth-order valence-corrected chi connectivity index (χ4v) is 4.39. The fraction of sp³-hybridized carbons (Fsp3) is 0.391. The summed E-state index contributed by atoms with van der Waals surface area (Å²) >= 11 is 0. The van der Waals surface area contributed by atoms with Gasteiger partial charge in [0.1, 0.15) is 5.75 Å². The van der Waals surface area contributed by atoms with E-state index < -0.39 is 5.79 Å². The van der Waals surface area contributed by atoms with Gasteiger partial charge in [-0.1, -0.05) is 12.1 Å². The van der Waals surface area contributed by atoms with Gasteiger partial charge in [-0.05, 0) is 37.3 Å². The van der Waals surface area contributed by atoms with Crippen LogP contribution in [0.5, 0.6) is 11.5 Å².